The largest absolute Gasteiger partial charge is 0.455 e. The monoisotopic (exact) mass is 640 g/mol. The zero-order valence-electron chi connectivity index (χ0n) is 26.9. The Morgan fingerprint density at radius 3 is 1.58 bits per heavy atom. The predicted molar refractivity (Wildman–Crippen MR) is 204 cm³/mol. The van der Waals surface area contributed by atoms with Gasteiger partial charge in [0.2, 0.25) is 0 Å². The smallest absolute Gasteiger partial charge is 0.161 e. The summed E-state index contributed by atoms with van der Waals surface area (Å²) in [5.74, 6) is 0.638. The highest BCUT2D eigenvalue weighted by molar-refractivity contribution is 6.18. The molecule has 0 radical (unpaired) electrons. The standard InChI is InChI=1S/C46H28N2O2/c1-3-12-29(13-4-1)30-22-24-32(25-23-30)40-28-39(31-14-5-2-6-15-31)47-46(48-40)38-27-26-36(45-43(38)37-17-8-10-21-42(37)50-45)35-19-11-18-34-33-16-7-9-20-41(33)49-44(34)35/h1-28H. The first-order valence-electron chi connectivity index (χ1n) is 16.7. The van der Waals surface area contributed by atoms with Crippen LogP contribution in [0.2, 0.25) is 0 Å². The van der Waals surface area contributed by atoms with E-state index in [1.807, 2.05) is 54.6 Å². The third kappa shape index (κ3) is 4.61. The van der Waals surface area contributed by atoms with Crippen LogP contribution in [0.5, 0.6) is 0 Å². The second kappa shape index (κ2) is 11.4. The summed E-state index contributed by atoms with van der Waals surface area (Å²) in [5, 5.41) is 4.16. The summed E-state index contributed by atoms with van der Waals surface area (Å²) in [6, 6.07) is 58.3. The van der Waals surface area contributed by atoms with E-state index in [1.54, 1.807) is 0 Å². The molecule has 0 atom stereocenters. The number of benzene rings is 7. The number of fused-ring (bicyclic) bond motifs is 6. The van der Waals surface area contributed by atoms with E-state index in [1.165, 1.54) is 5.56 Å². The minimum atomic E-state index is 0.638. The third-order valence-electron chi connectivity index (χ3n) is 9.54. The Balaban J connectivity index is 1.20. The van der Waals surface area contributed by atoms with Gasteiger partial charge in [-0.2, -0.15) is 0 Å². The van der Waals surface area contributed by atoms with Gasteiger partial charge in [-0.15, -0.1) is 0 Å². The van der Waals surface area contributed by atoms with Crippen LogP contribution in [0.4, 0.5) is 0 Å². The average molecular weight is 641 g/mol. The molecule has 10 aromatic rings. The zero-order chi connectivity index (χ0) is 33.0. The number of para-hydroxylation sites is 3. The molecule has 4 nitrogen and oxygen atoms in total. The molecule has 0 saturated heterocycles. The summed E-state index contributed by atoms with van der Waals surface area (Å²) in [5.41, 5.74) is 12.2. The van der Waals surface area contributed by atoms with E-state index < -0.39 is 0 Å². The van der Waals surface area contributed by atoms with Gasteiger partial charge in [-0.25, -0.2) is 9.97 Å². The number of hydrogen-bond acceptors (Lipinski definition) is 4. The molecule has 0 saturated carbocycles. The molecule has 4 heteroatoms. The molecule has 10 rings (SSSR count). The van der Waals surface area contributed by atoms with Gasteiger partial charge in [0, 0.05) is 49.4 Å². The van der Waals surface area contributed by atoms with Gasteiger partial charge in [-0.3, -0.25) is 0 Å². The summed E-state index contributed by atoms with van der Waals surface area (Å²) in [7, 11) is 0. The molecule has 0 N–H and O–H groups in total. The molecule has 7 aromatic carbocycles. The first-order valence-corrected chi connectivity index (χ1v) is 16.7. The van der Waals surface area contributed by atoms with Crippen molar-refractivity contribution >= 4 is 43.9 Å². The first-order chi connectivity index (χ1) is 24.8. The van der Waals surface area contributed by atoms with Crippen molar-refractivity contribution in [1.29, 1.82) is 0 Å². The molecule has 0 aliphatic heterocycles. The Labute approximate surface area is 287 Å². The van der Waals surface area contributed by atoms with Gasteiger partial charge in [0.25, 0.3) is 0 Å². The molecule has 50 heavy (non-hydrogen) atoms. The first kappa shape index (κ1) is 28.3. The second-order valence-electron chi connectivity index (χ2n) is 12.5. The Hall–Kier alpha value is -6.78. The van der Waals surface area contributed by atoms with E-state index >= 15 is 0 Å². The van der Waals surface area contributed by atoms with Crippen LogP contribution in [0, 0.1) is 0 Å². The molecule has 3 heterocycles. The Kier molecular flexibility index (Phi) is 6.46. The molecule has 0 spiro atoms. The maximum atomic E-state index is 6.71. The normalized spacial score (nSPS) is 11.6. The van der Waals surface area contributed by atoms with Gasteiger partial charge in [-0.05, 0) is 41.5 Å². The highest BCUT2D eigenvalue weighted by Gasteiger charge is 2.22. The Morgan fingerprint density at radius 1 is 0.340 bits per heavy atom. The summed E-state index contributed by atoms with van der Waals surface area (Å²) < 4.78 is 13.2. The fraction of sp³-hybridized carbons (Fsp3) is 0. The van der Waals surface area contributed by atoms with Gasteiger partial charge >= 0.3 is 0 Å². The van der Waals surface area contributed by atoms with Crippen molar-refractivity contribution in [1.82, 2.24) is 9.97 Å². The fourth-order valence-corrected chi connectivity index (χ4v) is 7.12. The molecule has 234 valence electrons. The van der Waals surface area contributed by atoms with Crippen molar-refractivity contribution in [2.75, 3.05) is 0 Å². The highest BCUT2D eigenvalue weighted by atomic mass is 16.3. The van der Waals surface area contributed by atoms with E-state index in [9.17, 15) is 0 Å². The van der Waals surface area contributed by atoms with E-state index in [0.717, 1.165) is 88.6 Å². The fourth-order valence-electron chi connectivity index (χ4n) is 7.12. The Morgan fingerprint density at radius 2 is 0.840 bits per heavy atom. The molecular formula is C46H28N2O2. The van der Waals surface area contributed by atoms with Crippen molar-refractivity contribution in [3.05, 3.63) is 170 Å². The van der Waals surface area contributed by atoms with Crippen molar-refractivity contribution in [2.45, 2.75) is 0 Å². The quantitative estimate of drug-likeness (QED) is 0.188. The van der Waals surface area contributed by atoms with Crippen LogP contribution in [-0.4, -0.2) is 9.97 Å². The van der Waals surface area contributed by atoms with E-state index in [2.05, 4.69) is 115 Å². The zero-order valence-corrected chi connectivity index (χ0v) is 26.9. The topological polar surface area (TPSA) is 52.1 Å². The molecule has 3 aromatic heterocycles. The van der Waals surface area contributed by atoms with E-state index in [4.69, 9.17) is 18.8 Å². The van der Waals surface area contributed by atoms with Crippen LogP contribution in [-0.2, 0) is 0 Å². The van der Waals surface area contributed by atoms with Gasteiger partial charge in [-0.1, -0.05) is 140 Å². The molecule has 0 aliphatic rings. The number of furan rings is 2. The van der Waals surface area contributed by atoms with Crippen LogP contribution < -0.4 is 0 Å². The van der Waals surface area contributed by atoms with E-state index in [-0.39, 0.29) is 0 Å². The lowest BCUT2D eigenvalue weighted by atomic mass is 9.96. The molecule has 0 aliphatic carbocycles. The molecule has 0 fully saturated rings. The molecule has 0 amide bonds. The minimum absolute atomic E-state index is 0.638. The van der Waals surface area contributed by atoms with Crippen molar-refractivity contribution in [3.8, 4) is 56.2 Å². The molecule has 0 bridgehead atoms. The lowest BCUT2D eigenvalue weighted by molar-refractivity contribution is 0.665. The molecule has 0 unspecified atom stereocenters. The summed E-state index contributed by atoms with van der Waals surface area (Å²) in [6.07, 6.45) is 0. The lowest BCUT2D eigenvalue weighted by Gasteiger charge is -2.12. The van der Waals surface area contributed by atoms with Crippen LogP contribution in [0.25, 0.3) is 100 Å². The third-order valence-corrected chi connectivity index (χ3v) is 9.54. The Bertz CT molecular complexity index is 2850. The number of aromatic nitrogens is 2. The van der Waals surface area contributed by atoms with Gasteiger partial charge < -0.3 is 8.83 Å². The maximum absolute atomic E-state index is 6.71. The minimum Gasteiger partial charge on any atom is -0.455 e. The molecular weight excluding hydrogens is 613 g/mol. The van der Waals surface area contributed by atoms with Gasteiger partial charge in [0.05, 0.1) is 11.4 Å². The second-order valence-corrected chi connectivity index (χ2v) is 12.5. The van der Waals surface area contributed by atoms with E-state index in [0.29, 0.717) is 5.82 Å². The SMILES string of the molecule is c1ccc(-c2ccc(-c3cc(-c4ccccc4)nc(-c4ccc(-c5cccc6c5oc5ccccc56)c5oc6ccccc6c45)n3)cc2)cc1. The lowest BCUT2D eigenvalue weighted by Crippen LogP contribution is -1.97. The van der Waals surface area contributed by atoms with Crippen molar-refractivity contribution in [3.63, 3.8) is 0 Å². The van der Waals surface area contributed by atoms with Crippen molar-refractivity contribution in [2.24, 2.45) is 0 Å². The number of hydrogen-bond donors (Lipinski definition) is 0. The maximum Gasteiger partial charge on any atom is 0.161 e. The summed E-state index contributed by atoms with van der Waals surface area (Å²) in [4.78, 5) is 10.5. The number of rotatable bonds is 5. The average Bonchev–Trinajstić information content (AvgIpc) is 3.78. The van der Waals surface area contributed by atoms with Crippen LogP contribution in [0.1, 0.15) is 0 Å². The van der Waals surface area contributed by atoms with Crippen LogP contribution >= 0.6 is 0 Å². The summed E-state index contributed by atoms with van der Waals surface area (Å²) >= 11 is 0. The van der Waals surface area contributed by atoms with Crippen LogP contribution in [0.15, 0.2) is 179 Å². The number of nitrogens with zero attached hydrogens (tertiary/aromatic N) is 2. The van der Waals surface area contributed by atoms with Gasteiger partial charge in [0.15, 0.2) is 5.82 Å². The van der Waals surface area contributed by atoms with Gasteiger partial charge in [0.1, 0.15) is 22.3 Å². The summed E-state index contributed by atoms with van der Waals surface area (Å²) in [6.45, 7) is 0. The van der Waals surface area contributed by atoms with Crippen molar-refractivity contribution < 1.29 is 8.83 Å². The predicted octanol–water partition coefficient (Wildman–Crippen LogP) is 12.6. The van der Waals surface area contributed by atoms with Crippen LogP contribution in [0.3, 0.4) is 0 Å². The highest BCUT2D eigenvalue weighted by Crippen LogP contribution is 2.44.